The van der Waals surface area contributed by atoms with Gasteiger partial charge in [-0.2, -0.15) is 0 Å². The van der Waals surface area contributed by atoms with Crippen molar-refractivity contribution in [2.24, 2.45) is 5.92 Å². The van der Waals surface area contributed by atoms with Crippen LogP contribution in [0.3, 0.4) is 0 Å². The number of sulfonamides is 1. The Morgan fingerprint density at radius 1 is 1.08 bits per heavy atom. The Morgan fingerprint density at radius 2 is 1.81 bits per heavy atom. The van der Waals surface area contributed by atoms with Crippen molar-refractivity contribution in [2.45, 2.75) is 50.0 Å². The number of hydrogen-bond acceptors (Lipinski definition) is 3. The molecule has 1 aliphatic carbocycles. The number of nitrogens with one attached hydrogen (secondary N) is 2. The number of amides is 1. The lowest BCUT2D eigenvalue weighted by atomic mass is 9.86. The van der Waals surface area contributed by atoms with Gasteiger partial charge in [0.1, 0.15) is 0 Å². The molecule has 0 aliphatic heterocycles. The highest BCUT2D eigenvalue weighted by Gasteiger charge is 2.23. The summed E-state index contributed by atoms with van der Waals surface area (Å²) in [5.41, 5.74) is 0. The first kappa shape index (κ1) is 18.9. The van der Waals surface area contributed by atoms with Crippen LogP contribution >= 0.6 is 0 Å². The predicted molar refractivity (Wildman–Crippen MR) is 103 cm³/mol. The van der Waals surface area contributed by atoms with Gasteiger partial charge in [-0.25, -0.2) is 13.1 Å². The van der Waals surface area contributed by atoms with Crippen LogP contribution in [-0.2, 0) is 14.8 Å². The molecule has 2 atom stereocenters. The SMILES string of the molecule is C[C@@H]1CCCC[C@H]1NC(=O)CCNS(=O)(=O)c1ccc2ccccc2c1. The van der Waals surface area contributed by atoms with Crippen LogP contribution in [0.4, 0.5) is 0 Å². The summed E-state index contributed by atoms with van der Waals surface area (Å²) in [6.45, 7) is 2.26. The van der Waals surface area contributed by atoms with Crippen LogP contribution in [0.2, 0.25) is 0 Å². The first-order chi connectivity index (χ1) is 12.5. The third-order valence-electron chi connectivity index (χ3n) is 5.13. The van der Waals surface area contributed by atoms with Gasteiger partial charge in [-0.1, -0.05) is 50.1 Å². The van der Waals surface area contributed by atoms with Crippen molar-refractivity contribution >= 4 is 26.7 Å². The fourth-order valence-electron chi connectivity index (χ4n) is 3.53. The molecule has 1 saturated carbocycles. The molecule has 1 fully saturated rings. The molecule has 140 valence electrons. The normalized spacial score (nSPS) is 20.8. The molecular weight excluding hydrogens is 348 g/mol. The van der Waals surface area contributed by atoms with E-state index in [4.69, 9.17) is 0 Å². The smallest absolute Gasteiger partial charge is 0.240 e. The van der Waals surface area contributed by atoms with Crippen molar-refractivity contribution in [1.82, 2.24) is 10.0 Å². The quantitative estimate of drug-likeness (QED) is 0.815. The molecule has 6 heteroatoms. The summed E-state index contributed by atoms with van der Waals surface area (Å²) in [6, 6.07) is 12.9. The number of carbonyl (C=O) groups is 1. The molecule has 2 N–H and O–H groups in total. The van der Waals surface area contributed by atoms with Crippen LogP contribution in [-0.4, -0.2) is 26.9 Å². The Balaban J connectivity index is 1.55. The van der Waals surface area contributed by atoms with E-state index in [2.05, 4.69) is 17.0 Å². The van der Waals surface area contributed by atoms with Gasteiger partial charge in [0, 0.05) is 19.0 Å². The maximum atomic E-state index is 12.5. The van der Waals surface area contributed by atoms with E-state index in [9.17, 15) is 13.2 Å². The fraction of sp³-hybridized carbons (Fsp3) is 0.450. The lowest BCUT2D eigenvalue weighted by molar-refractivity contribution is -0.122. The van der Waals surface area contributed by atoms with Gasteiger partial charge in [0.2, 0.25) is 15.9 Å². The van der Waals surface area contributed by atoms with E-state index < -0.39 is 10.0 Å². The number of rotatable bonds is 6. The maximum Gasteiger partial charge on any atom is 0.240 e. The van der Waals surface area contributed by atoms with Crippen molar-refractivity contribution in [3.05, 3.63) is 42.5 Å². The van der Waals surface area contributed by atoms with Crippen LogP contribution in [0.1, 0.15) is 39.0 Å². The second kappa shape index (κ2) is 8.18. The van der Waals surface area contributed by atoms with Gasteiger partial charge in [0.25, 0.3) is 0 Å². The Morgan fingerprint density at radius 3 is 2.58 bits per heavy atom. The molecule has 26 heavy (non-hydrogen) atoms. The zero-order valence-corrected chi connectivity index (χ0v) is 15.9. The Hall–Kier alpha value is -1.92. The third kappa shape index (κ3) is 4.62. The molecule has 0 heterocycles. The topological polar surface area (TPSA) is 75.3 Å². The molecule has 0 unspecified atom stereocenters. The van der Waals surface area contributed by atoms with Crippen LogP contribution in [0, 0.1) is 5.92 Å². The van der Waals surface area contributed by atoms with Gasteiger partial charge in [-0.15, -0.1) is 0 Å². The van der Waals surface area contributed by atoms with E-state index >= 15 is 0 Å². The average molecular weight is 375 g/mol. The highest BCUT2D eigenvalue weighted by Crippen LogP contribution is 2.23. The molecule has 0 spiro atoms. The van der Waals surface area contributed by atoms with Crippen LogP contribution in [0.25, 0.3) is 10.8 Å². The van der Waals surface area contributed by atoms with Gasteiger partial charge in [0.05, 0.1) is 4.90 Å². The zero-order valence-electron chi connectivity index (χ0n) is 15.1. The summed E-state index contributed by atoms with van der Waals surface area (Å²) in [5, 5.41) is 4.91. The molecule has 2 aromatic rings. The molecule has 1 amide bonds. The van der Waals surface area contributed by atoms with Crippen molar-refractivity contribution in [1.29, 1.82) is 0 Å². The van der Waals surface area contributed by atoms with Gasteiger partial charge in [-0.3, -0.25) is 4.79 Å². The van der Waals surface area contributed by atoms with Crippen LogP contribution in [0.5, 0.6) is 0 Å². The summed E-state index contributed by atoms with van der Waals surface area (Å²) in [4.78, 5) is 12.3. The first-order valence-corrected chi connectivity index (χ1v) is 10.7. The minimum absolute atomic E-state index is 0.0926. The van der Waals surface area contributed by atoms with Gasteiger partial charge in [0.15, 0.2) is 0 Å². The van der Waals surface area contributed by atoms with Crippen LogP contribution < -0.4 is 10.0 Å². The van der Waals surface area contributed by atoms with E-state index in [0.29, 0.717) is 5.92 Å². The fourth-order valence-corrected chi connectivity index (χ4v) is 4.59. The predicted octanol–water partition coefficient (Wildman–Crippen LogP) is 3.20. The summed E-state index contributed by atoms with van der Waals surface area (Å²) in [6.07, 6.45) is 4.66. The second-order valence-electron chi connectivity index (χ2n) is 7.09. The molecule has 2 aromatic carbocycles. The molecule has 0 bridgehead atoms. The summed E-state index contributed by atoms with van der Waals surface area (Å²) in [5.74, 6) is 0.395. The molecular formula is C20H26N2O3S. The summed E-state index contributed by atoms with van der Waals surface area (Å²) >= 11 is 0. The molecule has 0 aromatic heterocycles. The largest absolute Gasteiger partial charge is 0.353 e. The monoisotopic (exact) mass is 374 g/mol. The minimum Gasteiger partial charge on any atom is -0.353 e. The standard InChI is InChI=1S/C20H26N2O3S/c1-15-6-2-5-9-19(15)22-20(23)12-13-21-26(24,25)18-11-10-16-7-3-4-8-17(16)14-18/h3-4,7-8,10-11,14-15,19,21H,2,5-6,9,12-13H2,1H3,(H,22,23)/t15-,19-/m1/s1. The average Bonchev–Trinajstić information content (AvgIpc) is 2.63. The molecule has 3 rings (SSSR count). The lowest BCUT2D eigenvalue weighted by Gasteiger charge is -2.29. The minimum atomic E-state index is -3.62. The van der Waals surface area contributed by atoms with Crippen molar-refractivity contribution in [3.8, 4) is 0 Å². The number of benzene rings is 2. The molecule has 1 aliphatic rings. The van der Waals surface area contributed by atoms with E-state index in [1.807, 2.05) is 24.3 Å². The van der Waals surface area contributed by atoms with Crippen molar-refractivity contribution < 1.29 is 13.2 Å². The first-order valence-electron chi connectivity index (χ1n) is 9.23. The number of fused-ring (bicyclic) bond motifs is 1. The van der Waals surface area contributed by atoms with Crippen molar-refractivity contribution in [3.63, 3.8) is 0 Å². The molecule has 0 saturated heterocycles. The highest BCUT2D eigenvalue weighted by atomic mass is 32.2. The lowest BCUT2D eigenvalue weighted by Crippen LogP contribution is -2.42. The maximum absolute atomic E-state index is 12.5. The van der Waals surface area contributed by atoms with Crippen LogP contribution in [0.15, 0.2) is 47.4 Å². The zero-order chi connectivity index (χ0) is 18.6. The second-order valence-corrected chi connectivity index (χ2v) is 8.86. The Labute approximate surface area is 155 Å². The number of carbonyl (C=O) groups excluding carboxylic acids is 1. The van der Waals surface area contributed by atoms with Crippen molar-refractivity contribution in [2.75, 3.05) is 6.54 Å². The third-order valence-corrected chi connectivity index (χ3v) is 6.59. The van der Waals surface area contributed by atoms with E-state index in [0.717, 1.165) is 30.0 Å². The Bertz CT molecular complexity index is 880. The summed E-state index contributed by atoms with van der Waals surface area (Å²) in [7, 11) is -3.62. The van der Waals surface area contributed by atoms with E-state index in [-0.39, 0.29) is 29.8 Å². The van der Waals surface area contributed by atoms with E-state index in [1.165, 1.54) is 6.42 Å². The summed E-state index contributed by atoms with van der Waals surface area (Å²) < 4.78 is 27.4. The van der Waals surface area contributed by atoms with Gasteiger partial charge < -0.3 is 5.32 Å². The van der Waals surface area contributed by atoms with Gasteiger partial charge in [-0.05, 0) is 41.7 Å². The molecule has 0 radical (unpaired) electrons. The van der Waals surface area contributed by atoms with E-state index in [1.54, 1.807) is 18.2 Å². The number of hydrogen-bond donors (Lipinski definition) is 2. The van der Waals surface area contributed by atoms with Gasteiger partial charge >= 0.3 is 0 Å². The highest BCUT2D eigenvalue weighted by molar-refractivity contribution is 7.89. The Kier molecular flexibility index (Phi) is 5.94. The molecule has 5 nitrogen and oxygen atoms in total.